The van der Waals surface area contributed by atoms with Gasteiger partial charge in [-0.25, -0.2) is 0 Å². The smallest absolute Gasteiger partial charge is 0.0280 e. The molecule has 0 spiro atoms. The standard InChI is InChI=1S/C9H20N2.C5H5N/c1-8(2)6-10-7-9(3,4)11(8)5;1-2-4-6-5-3-1/h10H,6-7H2,1-5H3;1-5H. The highest BCUT2D eigenvalue weighted by Gasteiger charge is 2.38. The Kier molecular flexibility index (Phi) is 4.66. The lowest BCUT2D eigenvalue weighted by molar-refractivity contribution is 0.0127. The van der Waals surface area contributed by atoms with Crippen molar-refractivity contribution in [2.75, 3.05) is 20.1 Å². The molecule has 1 aromatic rings. The van der Waals surface area contributed by atoms with E-state index in [2.05, 4.69) is 49.9 Å². The van der Waals surface area contributed by atoms with E-state index in [1.54, 1.807) is 12.4 Å². The first-order valence-corrected chi connectivity index (χ1v) is 6.16. The summed E-state index contributed by atoms with van der Waals surface area (Å²) in [7, 11) is 2.21. The molecule has 2 rings (SSSR count). The van der Waals surface area contributed by atoms with Crippen LogP contribution in [0.2, 0.25) is 0 Å². The molecule has 1 N–H and O–H groups in total. The van der Waals surface area contributed by atoms with E-state index in [0.29, 0.717) is 11.1 Å². The van der Waals surface area contributed by atoms with Crippen molar-refractivity contribution >= 4 is 0 Å². The molecule has 3 heteroatoms. The van der Waals surface area contributed by atoms with Crippen LogP contribution in [0.1, 0.15) is 27.7 Å². The van der Waals surface area contributed by atoms with Crippen LogP contribution >= 0.6 is 0 Å². The van der Waals surface area contributed by atoms with Gasteiger partial charge >= 0.3 is 0 Å². The van der Waals surface area contributed by atoms with E-state index in [-0.39, 0.29) is 0 Å². The third-order valence-electron chi connectivity index (χ3n) is 3.50. The van der Waals surface area contributed by atoms with Crippen LogP contribution in [0.25, 0.3) is 0 Å². The number of aromatic nitrogens is 1. The number of likely N-dealkylation sites (N-methyl/N-ethyl adjacent to an activating group) is 1. The van der Waals surface area contributed by atoms with E-state index in [1.807, 2.05) is 18.2 Å². The van der Waals surface area contributed by atoms with Gasteiger partial charge in [-0.1, -0.05) is 6.07 Å². The molecule has 2 heterocycles. The molecule has 0 radical (unpaired) electrons. The number of rotatable bonds is 0. The zero-order valence-corrected chi connectivity index (χ0v) is 11.7. The second kappa shape index (κ2) is 5.61. The second-order valence-corrected chi connectivity index (χ2v) is 5.81. The first kappa shape index (κ1) is 14.1. The van der Waals surface area contributed by atoms with Crippen LogP contribution in [0.4, 0.5) is 0 Å². The Labute approximate surface area is 105 Å². The molecule has 96 valence electrons. The fraction of sp³-hybridized carbons (Fsp3) is 0.643. The molecule has 0 atom stereocenters. The molecule has 0 bridgehead atoms. The van der Waals surface area contributed by atoms with Crippen molar-refractivity contribution in [1.82, 2.24) is 15.2 Å². The molecule has 0 aliphatic carbocycles. The van der Waals surface area contributed by atoms with Crippen LogP contribution in [-0.2, 0) is 0 Å². The molecular formula is C14H25N3. The van der Waals surface area contributed by atoms with Crippen molar-refractivity contribution in [3.8, 4) is 0 Å². The third kappa shape index (κ3) is 4.10. The van der Waals surface area contributed by atoms with Crippen LogP contribution in [0, 0.1) is 0 Å². The van der Waals surface area contributed by atoms with E-state index in [4.69, 9.17) is 0 Å². The summed E-state index contributed by atoms with van der Waals surface area (Å²) in [6, 6.07) is 5.72. The van der Waals surface area contributed by atoms with Crippen LogP contribution in [0.5, 0.6) is 0 Å². The van der Waals surface area contributed by atoms with Crippen molar-refractivity contribution in [2.45, 2.75) is 38.8 Å². The van der Waals surface area contributed by atoms with Gasteiger partial charge in [-0.3, -0.25) is 9.88 Å². The monoisotopic (exact) mass is 235 g/mol. The fourth-order valence-electron chi connectivity index (χ4n) is 2.04. The molecular weight excluding hydrogens is 210 g/mol. The summed E-state index contributed by atoms with van der Waals surface area (Å²) in [5.41, 5.74) is 0.587. The quantitative estimate of drug-likeness (QED) is 0.747. The average Bonchev–Trinajstić information content (AvgIpc) is 2.29. The predicted molar refractivity (Wildman–Crippen MR) is 73.0 cm³/mol. The van der Waals surface area contributed by atoms with E-state index < -0.39 is 0 Å². The number of nitrogens with one attached hydrogen (secondary N) is 1. The van der Waals surface area contributed by atoms with E-state index in [9.17, 15) is 0 Å². The summed E-state index contributed by atoms with van der Waals surface area (Å²) in [6.07, 6.45) is 3.50. The minimum Gasteiger partial charge on any atom is -0.313 e. The van der Waals surface area contributed by atoms with Gasteiger partial charge in [-0.15, -0.1) is 0 Å². The first-order chi connectivity index (χ1) is 7.86. The summed E-state index contributed by atoms with van der Waals surface area (Å²) in [5, 5.41) is 3.45. The molecule has 0 amide bonds. The Morgan fingerprint density at radius 1 is 0.941 bits per heavy atom. The Hall–Kier alpha value is -0.930. The molecule has 1 aliphatic heterocycles. The van der Waals surface area contributed by atoms with Crippen LogP contribution < -0.4 is 5.32 Å². The zero-order valence-electron chi connectivity index (χ0n) is 11.7. The number of hydrogen-bond acceptors (Lipinski definition) is 3. The maximum absolute atomic E-state index is 3.78. The summed E-state index contributed by atoms with van der Waals surface area (Å²) in [5.74, 6) is 0. The van der Waals surface area contributed by atoms with Crippen LogP contribution in [-0.4, -0.2) is 41.1 Å². The van der Waals surface area contributed by atoms with Gasteiger partial charge in [0, 0.05) is 36.6 Å². The Morgan fingerprint density at radius 2 is 1.41 bits per heavy atom. The summed E-state index contributed by atoms with van der Waals surface area (Å²) < 4.78 is 0. The first-order valence-electron chi connectivity index (χ1n) is 6.16. The predicted octanol–water partition coefficient (Wildman–Crippen LogP) is 2.16. The number of pyridine rings is 1. The Morgan fingerprint density at radius 3 is 1.65 bits per heavy atom. The molecule has 0 aromatic carbocycles. The lowest BCUT2D eigenvalue weighted by Gasteiger charge is -2.51. The highest BCUT2D eigenvalue weighted by Crippen LogP contribution is 2.25. The van der Waals surface area contributed by atoms with Gasteiger partial charge in [0.25, 0.3) is 0 Å². The largest absolute Gasteiger partial charge is 0.313 e. The maximum atomic E-state index is 3.78. The third-order valence-corrected chi connectivity index (χ3v) is 3.50. The second-order valence-electron chi connectivity index (χ2n) is 5.81. The van der Waals surface area contributed by atoms with Gasteiger partial charge in [0.05, 0.1) is 0 Å². The van der Waals surface area contributed by atoms with Crippen LogP contribution in [0.15, 0.2) is 30.6 Å². The zero-order chi connectivity index (χ0) is 12.9. The van der Waals surface area contributed by atoms with Gasteiger partial charge in [-0.05, 0) is 46.9 Å². The molecule has 1 aromatic heterocycles. The summed E-state index contributed by atoms with van der Waals surface area (Å²) in [6.45, 7) is 11.3. The van der Waals surface area contributed by atoms with Gasteiger partial charge < -0.3 is 5.32 Å². The van der Waals surface area contributed by atoms with Crippen molar-refractivity contribution in [3.05, 3.63) is 30.6 Å². The highest BCUT2D eigenvalue weighted by atomic mass is 15.3. The van der Waals surface area contributed by atoms with Gasteiger partial charge in [0.1, 0.15) is 0 Å². The molecule has 0 saturated carbocycles. The number of hydrogen-bond donors (Lipinski definition) is 1. The SMILES string of the molecule is CN1C(C)(C)CNCC1(C)C.c1ccncc1. The Bertz CT molecular complexity index is 277. The lowest BCUT2D eigenvalue weighted by atomic mass is 9.90. The highest BCUT2D eigenvalue weighted by molar-refractivity contribution is 4.97. The van der Waals surface area contributed by atoms with Crippen molar-refractivity contribution in [1.29, 1.82) is 0 Å². The molecule has 17 heavy (non-hydrogen) atoms. The molecule has 3 nitrogen and oxygen atoms in total. The van der Waals surface area contributed by atoms with Crippen molar-refractivity contribution in [3.63, 3.8) is 0 Å². The molecule has 1 saturated heterocycles. The van der Waals surface area contributed by atoms with E-state index in [1.165, 1.54) is 0 Å². The number of nitrogens with zero attached hydrogens (tertiary/aromatic N) is 2. The topological polar surface area (TPSA) is 28.2 Å². The van der Waals surface area contributed by atoms with Crippen molar-refractivity contribution in [2.24, 2.45) is 0 Å². The minimum absolute atomic E-state index is 0.293. The lowest BCUT2D eigenvalue weighted by Crippen LogP contribution is -2.66. The molecule has 1 fully saturated rings. The Balaban J connectivity index is 0.000000202. The van der Waals surface area contributed by atoms with E-state index >= 15 is 0 Å². The van der Waals surface area contributed by atoms with Crippen molar-refractivity contribution < 1.29 is 0 Å². The maximum Gasteiger partial charge on any atom is 0.0280 e. The fourth-order valence-corrected chi connectivity index (χ4v) is 2.04. The number of piperazine rings is 1. The summed E-state index contributed by atoms with van der Waals surface area (Å²) >= 11 is 0. The van der Waals surface area contributed by atoms with Gasteiger partial charge in [-0.2, -0.15) is 0 Å². The summed E-state index contributed by atoms with van der Waals surface area (Å²) in [4.78, 5) is 6.24. The minimum atomic E-state index is 0.293. The molecule has 1 aliphatic rings. The molecule has 0 unspecified atom stereocenters. The van der Waals surface area contributed by atoms with Gasteiger partial charge in [0.2, 0.25) is 0 Å². The van der Waals surface area contributed by atoms with E-state index in [0.717, 1.165) is 13.1 Å². The van der Waals surface area contributed by atoms with Crippen LogP contribution in [0.3, 0.4) is 0 Å². The normalized spacial score (nSPS) is 22.4. The average molecular weight is 235 g/mol. The van der Waals surface area contributed by atoms with Gasteiger partial charge in [0.15, 0.2) is 0 Å².